The first-order valence-electron chi connectivity index (χ1n) is 7.35. The second kappa shape index (κ2) is 7.21. The van der Waals surface area contributed by atoms with E-state index in [4.69, 9.17) is 5.26 Å². The van der Waals surface area contributed by atoms with E-state index in [1.807, 2.05) is 29.2 Å². The average molecular weight is 286 g/mol. The van der Waals surface area contributed by atoms with Crippen molar-refractivity contribution in [3.8, 4) is 6.07 Å². The van der Waals surface area contributed by atoms with Gasteiger partial charge in [0.15, 0.2) is 0 Å². The lowest BCUT2D eigenvalue weighted by molar-refractivity contribution is -0.117. The number of nitriles is 1. The minimum atomic E-state index is -0.232. The zero-order valence-electron chi connectivity index (χ0n) is 12.6. The number of hydrogen-bond donors (Lipinski definition) is 2. The van der Waals surface area contributed by atoms with Gasteiger partial charge >= 0.3 is 0 Å². The van der Waals surface area contributed by atoms with E-state index in [9.17, 15) is 4.79 Å². The Morgan fingerprint density at radius 2 is 2.29 bits per heavy atom. The van der Waals surface area contributed by atoms with Crippen LogP contribution < -0.4 is 10.6 Å². The molecular weight excluding hydrogens is 264 g/mol. The Morgan fingerprint density at radius 1 is 1.52 bits per heavy atom. The Labute approximate surface area is 125 Å². The van der Waals surface area contributed by atoms with Crippen LogP contribution in [-0.2, 0) is 4.79 Å². The summed E-state index contributed by atoms with van der Waals surface area (Å²) in [4.78, 5) is 14.2. The number of anilines is 1. The molecule has 21 heavy (non-hydrogen) atoms. The van der Waals surface area contributed by atoms with Gasteiger partial charge in [-0.05, 0) is 17.5 Å². The van der Waals surface area contributed by atoms with Crippen LogP contribution in [0, 0.1) is 11.3 Å². The van der Waals surface area contributed by atoms with E-state index in [2.05, 4.69) is 30.6 Å². The maximum atomic E-state index is 12.2. The molecule has 5 heteroatoms. The van der Waals surface area contributed by atoms with Gasteiger partial charge in [0.05, 0.1) is 12.6 Å². The third-order valence-corrected chi connectivity index (χ3v) is 3.71. The summed E-state index contributed by atoms with van der Waals surface area (Å²) in [6, 6.07) is 9.86. The van der Waals surface area contributed by atoms with Crippen molar-refractivity contribution in [3.63, 3.8) is 0 Å². The largest absolute Gasteiger partial charge is 0.325 e. The number of nitrogens with one attached hydrogen (secondary N) is 2. The highest BCUT2D eigenvalue weighted by molar-refractivity contribution is 5.93. The molecule has 1 fully saturated rings. The molecule has 2 N–H and O–H groups in total. The average Bonchev–Trinajstić information content (AvgIpc) is 2.48. The first kappa shape index (κ1) is 15.5. The summed E-state index contributed by atoms with van der Waals surface area (Å²) >= 11 is 0. The van der Waals surface area contributed by atoms with Crippen molar-refractivity contribution in [3.05, 3.63) is 29.8 Å². The Kier molecular flexibility index (Phi) is 5.32. The molecule has 1 aromatic carbocycles. The maximum Gasteiger partial charge on any atom is 0.238 e. The van der Waals surface area contributed by atoms with Crippen LogP contribution in [0.3, 0.4) is 0 Å². The van der Waals surface area contributed by atoms with Crippen LogP contribution in [0.25, 0.3) is 0 Å². The summed E-state index contributed by atoms with van der Waals surface area (Å²) in [5.41, 5.74) is 1.99. The van der Waals surface area contributed by atoms with Crippen molar-refractivity contribution in [2.24, 2.45) is 0 Å². The van der Waals surface area contributed by atoms with E-state index >= 15 is 0 Å². The number of hydrogen-bond acceptors (Lipinski definition) is 4. The number of benzene rings is 1. The fraction of sp³-hybridized carbons (Fsp3) is 0.500. The number of carbonyl (C=O) groups excluding carboxylic acids is 1. The number of amides is 1. The van der Waals surface area contributed by atoms with Gasteiger partial charge in [-0.25, -0.2) is 0 Å². The predicted octanol–water partition coefficient (Wildman–Crippen LogP) is 1.55. The Bertz CT molecular complexity index is 535. The summed E-state index contributed by atoms with van der Waals surface area (Å²) < 4.78 is 0. The summed E-state index contributed by atoms with van der Waals surface area (Å²) in [5.74, 6) is 0.290. The van der Waals surface area contributed by atoms with Crippen LogP contribution in [0.4, 0.5) is 5.69 Å². The zero-order valence-corrected chi connectivity index (χ0v) is 12.6. The Hall–Kier alpha value is -1.90. The van der Waals surface area contributed by atoms with E-state index < -0.39 is 0 Å². The molecule has 1 aliphatic heterocycles. The van der Waals surface area contributed by atoms with E-state index in [0.29, 0.717) is 12.5 Å². The van der Waals surface area contributed by atoms with Crippen LogP contribution in [0.5, 0.6) is 0 Å². The third kappa shape index (κ3) is 4.03. The molecule has 0 spiro atoms. The van der Waals surface area contributed by atoms with Gasteiger partial charge in [-0.1, -0.05) is 32.0 Å². The molecular formula is C16H22N4O. The summed E-state index contributed by atoms with van der Waals surface area (Å²) in [6.45, 7) is 6.62. The van der Waals surface area contributed by atoms with Gasteiger partial charge < -0.3 is 10.6 Å². The standard InChI is InChI=1S/C16H22N4O/c1-12(2)14-5-3-4-6-15(14)19-16(21)11-20-8-7-18-10-13(20)9-17/h3-6,12-13,18H,7-8,10-11H2,1-2H3,(H,19,21). The topological polar surface area (TPSA) is 68.2 Å². The number of carbonyl (C=O) groups is 1. The van der Waals surface area contributed by atoms with Gasteiger partial charge in [-0.15, -0.1) is 0 Å². The second-order valence-electron chi connectivity index (χ2n) is 5.61. The highest BCUT2D eigenvalue weighted by Gasteiger charge is 2.23. The lowest BCUT2D eigenvalue weighted by atomic mass is 10.0. The highest BCUT2D eigenvalue weighted by Crippen LogP contribution is 2.23. The van der Waals surface area contributed by atoms with Gasteiger partial charge in [0.25, 0.3) is 0 Å². The van der Waals surface area contributed by atoms with E-state index in [1.165, 1.54) is 0 Å². The van der Waals surface area contributed by atoms with Gasteiger partial charge in [0, 0.05) is 25.3 Å². The Morgan fingerprint density at radius 3 is 3.00 bits per heavy atom. The molecule has 1 unspecified atom stereocenters. The molecule has 0 radical (unpaired) electrons. The minimum Gasteiger partial charge on any atom is -0.325 e. The van der Waals surface area contributed by atoms with Crippen molar-refractivity contribution >= 4 is 11.6 Å². The summed E-state index contributed by atoms with van der Waals surface area (Å²) in [6.07, 6.45) is 0. The monoisotopic (exact) mass is 286 g/mol. The van der Waals surface area contributed by atoms with Crippen molar-refractivity contribution in [2.75, 3.05) is 31.5 Å². The smallest absolute Gasteiger partial charge is 0.238 e. The van der Waals surface area contributed by atoms with Crippen molar-refractivity contribution in [1.29, 1.82) is 5.26 Å². The molecule has 1 amide bonds. The summed E-state index contributed by atoms with van der Waals surface area (Å²) in [7, 11) is 0. The van der Waals surface area contributed by atoms with E-state index in [1.54, 1.807) is 0 Å². The fourth-order valence-corrected chi connectivity index (χ4v) is 2.55. The fourth-order valence-electron chi connectivity index (χ4n) is 2.55. The van der Waals surface area contributed by atoms with Gasteiger partial charge in [-0.2, -0.15) is 5.26 Å². The zero-order chi connectivity index (χ0) is 15.2. The molecule has 1 aromatic rings. The second-order valence-corrected chi connectivity index (χ2v) is 5.61. The molecule has 0 aliphatic carbocycles. The van der Waals surface area contributed by atoms with Crippen LogP contribution in [0.2, 0.25) is 0 Å². The first-order chi connectivity index (χ1) is 10.1. The molecule has 5 nitrogen and oxygen atoms in total. The number of rotatable bonds is 4. The lowest BCUT2D eigenvalue weighted by Crippen LogP contribution is -2.52. The Balaban J connectivity index is 2.00. The third-order valence-electron chi connectivity index (χ3n) is 3.71. The van der Waals surface area contributed by atoms with Crippen molar-refractivity contribution in [2.45, 2.75) is 25.8 Å². The number of nitrogens with zero attached hydrogens (tertiary/aromatic N) is 2. The molecule has 0 aromatic heterocycles. The minimum absolute atomic E-state index is 0.0646. The lowest BCUT2D eigenvalue weighted by Gasteiger charge is -2.31. The van der Waals surface area contributed by atoms with Crippen molar-refractivity contribution < 1.29 is 4.79 Å². The molecule has 2 rings (SSSR count). The maximum absolute atomic E-state index is 12.2. The van der Waals surface area contributed by atoms with E-state index in [-0.39, 0.29) is 18.5 Å². The summed E-state index contributed by atoms with van der Waals surface area (Å²) in [5, 5.41) is 15.3. The van der Waals surface area contributed by atoms with Gasteiger partial charge in [0.1, 0.15) is 6.04 Å². The normalized spacial score (nSPS) is 19.2. The molecule has 0 bridgehead atoms. The molecule has 112 valence electrons. The van der Waals surface area contributed by atoms with E-state index in [0.717, 1.165) is 24.3 Å². The number of piperazine rings is 1. The predicted molar refractivity (Wildman–Crippen MR) is 83.0 cm³/mol. The molecule has 1 aliphatic rings. The van der Waals surface area contributed by atoms with Crippen LogP contribution in [-0.4, -0.2) is 43.0 Å². The first-order valence-corrected chi connectivity index (χ1v) is 7.35. The highest BCUT2D eigenvalue weighted by atomic mass is 16.2. The van der Waals surface area contributed by atoms with Crippen LogP contribution >= 0.6 is 0 Å². The van der Waals surface area contributed by atoms with Crippen LogP contribution in [0.1, 0.15) is 25.3 Å². The quantitative estimate of drug-likeness (QED) is 0.881. The van der Waals surface area contributed by atoms with Gasteiger partial charge in [0.2, 0.25) is 5.91 Å². The van der Waals surface area contributed by atoms with Crippen molar-refractivity contribution in [1.82, 2.24) is 10.2 Å². The molecule has 1 saturated heterocycles. The number of para-hydroxylation sites is 1. The molecule has 1 atom stereocenters. The molecule has 0 saturated carbocycles. The SMILES string of the molecule is CC(C)c1ccccc1NC(=O)CN1CCNCC1C#N. The van der Waals surface area contributed by atoms with Gasteiger partial charge in [-0.3, -0.25) is 9.69 Å². The molecule has 1 heterocycles. The van der Waals surface area contributed by atoms with Crippen LogP contribution in [0.15, 0.2) is 24.3 Å².